The summed E-state index contributed by atoms with van der Waals surface area (Å²) in [6, 6.07) is 1.41. The van der Waals surface area contributed by atoms with Crippen LogP contribution < -0.4 is 10.6 Å². The zero-order chi connectivity index (χ0) is 24.0. The Balaban J connectivity index is 1.45. The number of hydrogen-bond acceptors (Lipinski definition) is 9. The predicted molar refractivity (Wildman–Crippen MR) is 129 cm³/mol. The van der Waals surface area contributed by atoms with Crippen molar-refractivity contribution in [3.8, 4) is 16.4 Å². The number of aryl methyl sites for hydroxylation is 1. The summed E-state index contributed by atoms with van der Waals surface area (Å²) in [7, 11) is 1.66. The fourth-order valence-corrected chi connectivity index (χ4v) is 5.39. The second-order valence-electron chi connectivity index (χ2n) is 8.51. The normalized spacial score (nSPS) is 20.1. The van der Waals surface area contributed by atoms with Gasteiger partial charge in [-0.25, -0.2) is 19.0 Å². The van der Waals surface area contributed by atoms with Gasteiger partial charge in [0.15, 0.2) is 16.5 Å². The van der Waals surface area contributed by atoms with Crippen molar-refractivity contribution in [3.05, 3.63) is 33.9 Å². The number of fused-ring (bicyclic) bond motifs is 1. The van der Waals surface area contributed by atoms with Crippen LogP contribution in [0.15, 0.2) is 23.1 Å². The van der Waals surface area contributed by atoms with E-state index < -0.39 is 11.2 Å². The Labute approximate surface area is 206 Å². The van der Waals surface area contributed by atoms with E-state index in [1.165, 1.54) is 28.3 Å². The van der Waals surface area contributed by atoms with Crippen molar-refractivity contribution in [2.75, 3.05) is 12.4 Å². The van der Waals surface area contributed by atoms with Gasteiger partial charge in [-0.15, -0.1) is 10.2 Å². The van der Waals surface area contributed by atoms with Gasteiger partial charge >= 0.3 is 0 Å². The molecule has 1 saturated carbocycles. The molecule has 0 spiro atoms. The molecule has 10 nitrogen and oxygen atoms in total. The summed E-state index contributed by atoms with van der Waals surface area (Å²) in [5.74, 6) is -0.0706. The number of nitrogens with one attached hydrogen (secondary N) is 2. The molecule has 5 rings (SSSR count). The van der Waals surface area contributed by atoms with Crippen LogP contribution in [0.2, 0.25) is 0 Å². The molecule has 0 aromatic carbocycles. The van der Waals surface area contributed by atoms with Gasteiger partial charge < -0.3 is 10.6 Å². The molecular formula is C21H21BrFN9OS. The second-order valence-corrected chi connectivity index (χ2v) is 10.4. The Hall–Kier alpha value is -3.06. The van der Waals surface area contributed by atoms with E-state index in [0.29, 0.717) is 38.7 Å². The highest BCUT2D eigenvalue weighted by Gasteiger charge is 2.41. The van der Waals surface area contributed by atoms with E-state index in [2.05, 4.69) is 56.8 Å². The highest BCUT2D eigenvalue weighted by molar-refractivity contribution is 9.10. The molecule has 1 aliphatic carbocycles. The van der Waals surface area contributed by atoms with Gasteiger partial charge in [0.25, 0.3) is 0 Å². The highest BCUT2D eigenvalue weighted by Crippen LogP contribution is 2.39. The number of hydrogen-bond donors (Lipinski definition) is 2. The molecule has 2 atom stereocenters. The maximum absolute atomic E-state index is 14.9. The van der Waals surface area contributed by atoms with E-state index in [-0.39, 0.29) is 17.6 Å². The van der Waals surface area contributed by atoms with Gasteiger partial charge in [0.2, 0.25) is 11.9 Å². The number of amides is 1. The molecule has 0 radical (unpaired) electrons. The van der Waals surface area contributed by atoms with Crippen molar-refractivity contribution < 1.29 is 9.18 Å². The summed E-state index contributed by atoms with van der Waals surface area (Å²) in [6.07, 6.45) is 5.47. The van der Waals surface area contributed by atoms with Crippen LogP contribution in [0.1, 0.15) is 31.2 Å². The summed E-state index contributed by atoms with van der Waals surface area (Å²) < 4.78 is 16.9. The average Bonchev–Trinajstić information content (AvgIpc) is 3.51. The molecule has 0 saturated heterocycles. The Bertz CT molecular complexity index is 1410. The average molecular weight is 546 g/mol. The first-order valence-electron chi connectivity index (χ1n) is 10.6. The quantitative estimate of drug-likeness (QED) is 0.389. The van der Waals surface area contributed by atoms with Crippen LogP contribution >= 0.6 is 27.3 Å². The summed E-state index contributed by atoms with van der Waals surface area (Å²) in [5.41, 5.74) is 0.632. The Kier molecular flexibility index (Phi) is 5.76. The molecule has 0 aliphatic heterocycles. The predicted octanol–water partition coefficient (Wildman–Crippen LogP) is 3.66. The van der Waals surface area contributed by atoms with E-state index in [4.69, 9.17) is 0 Å². The molecule has 1 aliphatic rings. The van der Waals surface area contributed by atoms with Crippen molar-refractivity contribution in [2.24, 2.45) is 5.41 Å². The molecule has 1 amide bonds. The van der Waals surface area contributed by atoms with E-state index in [9.17, 15) is 9.18 Å². The summed E-state index contributed by atoms with van der Waals surface area (Å²) in [5, 5.41) is 20.3. The van der Waals surface area contributed by atoms with Crippen LogP contribution in [-0.2, 0) is 4.79 Å². The summed E-state index contributed by atoms with van der Waals surface area (Å²) in [6.45, 7) is 3.77. The molecule has 4 aromatic heterocycles. The monoisotopic (exact) mass is 545 g/mol. The Morgan fingerprint density at radius 2 is 2.15 bits per heavy atom. The summed E-state index contributed by atoms with van der Waals surface area (Å²) >= 11 is 4.71. The molecule has 0 bridgehead atoms. The lowest BCUT2D eigenvalue weighted by molar-refractivity contribution is -0.129. The molecule has 13 heteroatoms. The number of carbonyl (C=O) groups excluding carboxylic acids is 1. The van der Waals surface area contributed by atoms with Gasteiger partial charge in [-0.05, 0) is 42.1 Å². The van der Waals surface area contributed by atoms with Crippen molar-refractivity contribution in [3.63, 3.8) is 0 Å². The standard InChI is InChI=1S/C21H21BrFN9OS/c1-10-29-30-18(34-10)15-14(23)6-12(8-25-15)32-17-13(16(22)31-32)9-26-20(28-17)27-11-4-5-21(2,7-11)19(33)24-3/h6,8-9,11H,4-5,7H2,1-3H3,(H,24,33)(H,26,27,28)/t11?,21-/m1/s1. The molecule has 1 fully saturated rings. The number of nitrogens with zero attached hydrogens (tertiary/aromatic N) is 7. The van der Waals surface area contributed by atoms with Crippen LogP contribution in [0.25, 0.3) is 27.4 Å². The van der Waals surface area contributed by atoms with Crippen molar-refractivity contribution in [1.82, 2.24) is 40.2 Å². The van der Waals surface area contributed by atoms with E-state index in [0.717, 1.165) is 17.8 Å². The molecule has 176 valence electrons. The zero-order valence-electron chi connectivity index (χ0n) is 18.6. The number of pyridine rings is 1. The maximum atomic E-state index is 14.9. The number of halogens is 2. The number of anilines is 1. The number of carbonyl (C=O) groups is 1. The minimum Gasteiger partial charge on any atom is -0.359 e. The second kappa shape index (κ2) is 8.62. The molecule has 34 heavy (non-hydrogen) atoms. The third-order valence-corrected chi connectivity index (χ3v) is 7.46. The largest absolute Gasteiger partial charge is 0.359 e. The fraction of sp³-hybridized carbons (Fsp3) is 0.381. The summed E-state index contributed by atoms with van der Waals surface area (Å²) in [4.78, 5) is 25.5. The van der Waals surface area contributed by atoms with Crippen molar-refractivity contribution >= 4 is 50.2 Å². The van der Waals surface area contributed by atoms with Crippen LogP contribution in [0.5, 0.6) is 0 Å². The van der Waals surface area contributed by atoms with Crippen molar-refractivity contribution in [2.45, 2.75) is 39.2 Å². The van der Waals surface area contributed by atoms with Gasteiger partial charge in [0, 0.05) is 30.8 Å². The van der Waals surface area contributed by atoms with Gasteiger partial charge in [-0.2, -0.15) is 10.1 Å². The van der Waals surface area contributed by atoms with Crippen LogP contribution in [0.4, 0.5) is 10.3 Å². The molecular weight excluding hydrogens is 525 g/mol. The Morgan fingerprint density at radius 3 is 2.85 bits per heavy atom. The van der Waals surface area contributed by atoms with E-state index in [1.54, 1.807) is 20.2 Å². The topological polar surface area (TPSA) is 123 Å². The Morgan fingerprint density at radius 1 is 1.32 bits per heavy atom. The van der Waals surface area contributed by atoms with Crippen LogP contribution in [0.3, 0.4) is 0 Å². The lowest BCUT2D eigenvalue weighted by Gasteiger charge is -2.22. The van der Waals surface area contributed by atoms with E-state index >= 15 is 0 Å². The van der Waals surface area contributed by atoms with Gasteiger partial charge in [0.05, 0.1) is 17.3 Å². The highest BCUT2D eigenvalue weighted by atomic mass is 79.9. The smallest absolute Gasteiger partial charge is 0.225 e. The molecule has 4 heterocycles. The number of aromatic nitrogens is 7. The van der Waals surface area contributed by atoms with Crippen LogP contribution in [0, 0.1) is 18.2 Å². The minimum atomic E-state index is -0.528. The third kappa shape index (κ3) is 4.02. The fourth-order valence-electron chi connectivity index (χ4n) is 4.27. The maximum Gasteiger partial charge on any atom is 0.225 e. The SMILES string of the molecule is CNC(=O)[C@]1(C)CCC(Nc2ncc3c(Br)nn(-c4cnc(-c5nnc(C)s5)c(F)c4)c3n2)C1. The molecule has 1 unspecified atom stereocenters. The number of rotatable bonds is 5. The van der Waals surface area contributed by atoms with Crippen molar-refractivity contribution in [1.29, 1.82) is 0 Å². The van der Waals surface area contributed by atoms with Gasteiger partial charge in [-0.3, -0.25) is 4.79 Å². The van der Waals surface area contributed by atoms with Crippen LogP contribution in [-0.4, -0.2) is 53.9 Å². The zero-order valence-corrected chi connectivity index (χ0v) is 21.0. The first-order valence-corrected chi connectivity index (χ1v) is 12.2. The lowest BCUT2D eigenvalue weighted by atomic mass is 9.87. The van der Waals surface area contributed by atoms with Gasteiger partial charge in [0.1, 0.15) is 15.3 Å². The molecule has 2 N–H and O–H groups in total. The first kappa shape index (κ1) is 22.7. The third-order valence-electron chi connectivity index (χ3n) is 6.03. The van der Waals surface area contributed by atoms with E-state index in [1.807, 2.05) is 6.92 Å². The van der Waals surface area contributed by atoms with Gasteiger partial charge in [-0.1, -0.05) is 18.3 Å². The molecule has 4 aromatic rings. The first-order chi connectivity index (χ1) is 16.3. The minimum absolute atomic E-state index is 0.0387. The lowest BCUT2D eigenvalue weighted by Crippen LogP contribution is -2.35.